The molecule has 0 spiro atoms. The molecule has 2 aromatic rings. The molecular formula is C23H24N2O4. The van der Waals surface area contributed by atoms with E-state index >= 15 is 0 Å². The fourth-order valence-electron chi connectivity index (χ4n) is 4.32. The van der Waals surface area contributed by atoms with Crippen LogP contribution in [0.2, 0.25) is 0 Å². The van der Waals surface area contributed by atoms with Gasteiger partial charge in [-0.2, -0.15) is 0 Å². The van der Waals surface area contributed by atoms with E-state index in [1.165, 1.54) is 7.11 Å². The lowest BCUT2D eigenvalue weighted by molar-refractivity contribution is -0.136. The smallest absolute Gasteiger partial charge is 0.335 e. The Morgan fingerprint density at radius 2 is 2.03 bits per heavy atom. The van der Waals surface area contributed by atoms with Crippen LogP contribution < -0.4 is 10.1 Å². The zero-order valence-electron chi connectivity index (χ0n) is 17.3. The van der Waals surface area contributed by atoms with Gasteiger partial charge in [0.1, 0.15) is 11.3 Å². The molecule has 6 heteroatoms. The number of aromatic nitrogens is 1. The number of allylic oxidation sites excluding steroid dienone is 2. The highest BCUT2D eigenvalue weighted by atomic mass is 16.5. The minimum Gasteiger partial charge on any atom is -0.494 e. The first-order chi connectivity index (χ1) is 13.8. The molecule has 0 bridgehead atoms. The van der Waals surface area contributed by atoms with Gasteiger partial charge in [0.15, 0.2) is 5.78 Å². The Labute approximate surface area is 169 Å². The highest BCUT2D eigenvalue weighted by Crippen LogP contribution is 2.47. The Kier molecular flexibility index (Phi) is 4.45. The third-order valence-electron chi connectivity index (χ3n) is 5.55. The zero-order valence-corrected chi connectivity index (χ0v) is 17.3. The molecule has 1 aromatic carbocycles. The van der Waals surface area contributed by atoms with Gasteiger partial charge in [-0.25, -0.2) is 4.79 Å². The van der Waals surface area contributed by atoms with Crippen LogP contribution in [-0.4, -0.2) is 37.5 Å². The summed E-state index contributed by atoms with van der Waals surface area (Å²) in [5.41, 5.74) is 3.92. The fourth-order valence-corrected chi connectivity index (χ4v) is 4.32. The van der Waals surface area contributed by atoms with Crippen molar-refractivity contribution in [2.45, 2.75) is 20.8 Å². The summed E-state index contributed by atoms with van der Waals surface area (Å²) < 4.78 is 10.5. The van der Waals surface area contributed by atoms with Crippen LogP contribution in [0.4, 0.5) is 0 Å². The lowest BCUT2D eigenvalue weighted by Gasteiger charge is -2.38. The fraction of sp³-hybridized carbons (Fsp3) is 0.348. The average molecular weight is 392 g/mol. The molecule has 29 heavy (non-hydrogen) atoms. The normalized spacial score (nSPS) is 18.6. The maximum absolute atomic E-state index is 13.8. The second-order valence-electron chi connectivity index (χ2n) is 8.41. The summed E-state index contributed by atoms with van der Waals surface area (Å²) in [6.45, 7) is 6.45. The molecule has 0 amide bonds. The first-order valence-corrected chi connectivity index (χ1v) is 9.55. The van der Waals surface area contributed by atoms with E-state index in [1.54, 1.807) is 13.3 Å². The monoisotopic (exact) mass is 392 g/mol. The molecule has 1 aliphatic heterocycles. The van der Waals surface area contributed by atoms with Crippen molar-refractivity contribution < 1.29 is 19.1 Å². The number of carbonyl (C=O) groups is 2. The number of ketones is 1. The van der Waals surface area contributed by atoms with Gasteiger partial charge in [-0.15, -0.1) is 0 Å². The molecule has 1 atom stereocenters. The van der Waals surface area contributed by atoms with Gasteiger partial charge < -0.3 is 14.8 Å². The van der Waals surface area contributed by atoms with E-state index in [4.69, 9.17) is 9.47 Å². The number of pyridine rings is 1. The highest BCUT2D eigenvalue weighted by molar-refractivity contribution is 6.17. The molecule has 2 heterocycles. The largest absolute Gasteiger partial charge is 0.494 e. The minimum atomic E-state index is -0.408. The Hall–Kier alpha value is -3.15. The number of dihydropyridines is 1. The van der Waals surface area contributed by atoms with Crippen LogP contribution in [-0.2, 0) is 9.53 Å². The first kappa shape index (κ1) is 19.2. The predicted octanol–water partition coefficient (Wildman–Crippen LogP) is 3.52. The number of esters is 1. The number of carbonyl (C=O) groups excluding carboxylic acids is 2. The Morgan fingerprint density at radius 1 is 1.28 bits per heavy atom. The molecular weight excluding hydrogens is 368 g/mol. The van der Waals surface area contributed by atoms with E-state index in [1.807, 2.05) is 45.0 Å². The predicted molar refractivity (Wildman–Crippen MR) is 111 cm³/mol. The molecule has 6 nitrogen and oxygen atoms in total. The van der Waals surface area contributed by atoms with Gasteiger partial charge in [0.25, 0.3) is 0 Å². The van der Waals surface area contributed by atoms with E-state index in [0.29, 0.717) is 28.9 Å². The second-order valence-corrected chi connectivity index (χ2v) is 8.41. The molecule has 0 saturated heterocycles. The third kappa shape index (κ3) is 2.90. The number of methoxy groups -OCH3 is 2. The Bertz CT molecular complexity index is 1110. The number of ether oxygens (including phenoxy) is 2. The molecule has 1 unspecified atom stereocenters. The van der Waals surface area contributed by atoms with E-state index in [2.05, 4.69) is 10.3 Å². The summed E-state index contributed by atoms with van der Waals surface area (Å²) in [4.78, 5) is 30.4. The van der Waals surface area contributed by atoms with Crippen LogP contribution in [0, 0.1) is 11.3 Å². The first-order valence-electron chi connectivity index (χ1n) is 9.55. The van der Waals surface area contributed by atoms with Crippen molar-refractivity contribution in [2.75, 3.05) is 20.8 Å². The van der Waals surface area contributed by atoms with Crippen molar-refractivity contribution in [3.63, 3.8) is 0 Å². The summed E-state index contributed by atoms with van der Waals surface area (Å²) in [6.07, 6.45) is 3.51. The summed E-state index contributed by atoms with van der Waals surface area (Å²) in [7, 11) is 2.96. The Balaban J connectivity index is 2.08. The van der Waals surface area contributed by atoms with Crippen LogP contribution in [0.3, 0.4) is 0 Å². The number of benzene rings is 1. The van der Waals surface area contributed by atoms with Crippen molar-refractivity contribution in [2.24, 2.45) is 11.3 Å². The number of hydrogen-bond donors (Lipinski definition) is 1. The molecule has 1 N–H and O–H groups in total. The van der Waals surface area contributed by atoms with Crippen LogP contribution in [0.15, 0.2) is 41.6 Å². The average Bonchev–Trinajstić information content (AvgIpc) is 2.70. The molecule has 0 fully saturated rings. The van der Waals surface area contributed by atoms with Gasteiger partial charge in [-0.3, -0.25) is 9.78 Å². The van der Waals surface area contributed by atoms with Crippen LogP contribution in [0.25, 0.3) is 16.6 Å². The SMILES string of the molecule is COC(=O)C1=CC2=C(NC1)c1cc(OC)c3ncccc3c1C(=O)C2C(C)(C)C. The highest BCUT2D eigenvalue weighted by Gasteiger charge is 2.43. The van der Waals surface area contributed by atoms with Crippen molar-refractivity contribution in [1.82, 2.24) is 10.3 Å². The number of nitrogens with one attached hydrogen (secondary N) is 1. The quantitative estimate of drug-likeness (QED) is 0.788. The Morgan fingerprint density at radius 3 is 2.69 bits per heavy atom. The molecule has 150 valence electrons. The van der Waals surface area contributed by atoms with Crippen LogP contribution in [0.1, 0.15) is 36.7 Å². The van der Waals surface area contributed by atoms with Crippen molar-refractivity contribution in [1.29, 1.82) is 0 Å². The van der Waals surface area contributed by atoms with Gasteiger partial charge in [-0.05, 0) is 29.2 Å². The van der Waals surface area contributed by atoms with E-state index < -0.39 is 11.9 Å². The lowest BCUT2D eigenvalue weighted by atomic mass is 9.66. The number of nitrogens with zero attached hydrogens (tertiary/aromatic N) is 1. The van der Waals surface area contributed by atoms with Crippen LogP contribution in [0.5, 0.6) is 5.75 Å². The zero-order chi connectivity index (χ0) is 20.9. The van der Waals surface area contributed by atoms with E-state index in [9.17, 15) is 9.59 Å². The second kappa shape index (κ2) is 6.72. The topological polar surface area (TPSA) is 77.5 Å². The van der Waals surface area contributed by atoms with Gasteiger partial charge in [0.05, 0.1) is 25.7 Å². The third-order valence-corrected chi connectivity index (χ3v) is 5.55. The molecule has 1 aromatic heterocycles. The van der Waals surface area contributed by atoms with Crippen molar-refractivity contribution in [3.8, 4) is 5.75 Å². The summed E-state index contributed by atoms with van der Waals surface area (Å²) in [5, 5.41) is 4.14. The summed E-state index contributed by atoms with van der Waals surface area (Å²) >= 11 is 0. The maximum atomic E-state index is 13.8. The van der Waals surface area contributed by atoms with Crippen molar-refractivity contribution >= 4 is 28.4 Å². The van der Waals surface area contributed by atoms with Gasteiger partial charge in [0, 0.05) is 35.0 Å². The minimum absolute atomic E-state index is 0.0241. The number of Topliss-reactive ketones (excluding diaryl/α,β-unsaturated/α-hetero) is 1. The van der Waals surface area contributed by atoms with Gasteiger partial charge in [-0.1, -0.05) is 26.8 Å². The van der Waals surface area contributed by atoms with Crippen LogP contribution >= 0.6 is 0 Å². The summed E-state index contributed by atoms with van der Waals surface area (Å²) in [5.74, 6) is -0.168. The number of hydrogen-bond acceptors (Lipinski definition) is 6. The molecule has 0 radical (unpaired) electrons. The number of fused-ring (bicyclic) bond motifs is 4. The summed E-state index contributed by atoms with van der Waals surface area (Å²) in [6, 6.07) is 5.60. The van der Waals surface area contributed by atoms with Gasteiger partial charge >= 0.3 is 5.97 Å². The van der Waals surface area contributed by atoms with E-state index in [0.717, 1.165) is 22.2 Å². The molecule has 0 saturated carbocycles. The maximum Gasteiger partial charge on any atom is 0.335 e. The number of rotatable bonds is 2. The molecule has 4 rings (SSSR count). The molecule has 2 aliphatic rings. The standard InChI is InChI=1S/C23H24N2O4/c1-23(2,3)18-15-9-12(22(27)29-5)11-25-19(15)14-10-16(28-4)20-13(7-6-8-24-20)17(14)21(18)26/h6-10,18,25H,11H2,1-5H3. The van der Waals surface area contributed by atoms with Crippen molar-refractivity contribution in [3.05, 3.63) is 52.7 Å². The lowest BCUT2D eigenvalue weighted by Crippen LogP contribution is -2.39. The van der Waals surface area contributed by atoms with E-state index in [-0.39, 0.29) is 11.2 Å². The molecule has 1 aliphatic carbocycles. The van der Waals surface area contributed by atoms with Gasteiger partial charge in [0.2, 0.25) is 0 Å².